The summed E-state index contributed by atoms with van der Waals surface area (Å²) in [6.45, 7) is 2.33. The highest BCUT2D eigenvalue weighted by Crippen LogP contribution is 2.21. The molecule has 0 aromatic heterocycles. The Bertz CT molecular complexity index is 578. The van der Waals surface area contributed by atoms with Gasteiger partial charge in [-0.1, -0.05) is 6.07 Å². The van der Waals surface area contributed by atoms with E-state index in [1.165, 1.54) is 7.11 Å². The van der Waals surface area contributed by atoms with Crippen molar-refractivity contribution in [2.45, 2.75) is 13.0 Å². The molecular formula is C14H18N4O2. The van der Waals surface area contributed by atoms with Gasteiger partial charge in [0.25, 0.3) is 0 Å². The summed E-state index contributed by atoms with van der Waals surface area (Å²) in [6, 6.07) is 7.00. The molecule has 20 heavy (non-hydrogen) atoms. The maximum Gasteiger partial charge on any atom is 0.337 e. The number of rotatable bonds is 3. The third kappa shape index (κ3) is 2.55. The highest BCUT2D eigenvalue weighted by molar-refractivity contribution is 6.49. The summed E-state index contributed by atoms with van der Waals surface area (Å²) in [7, 11) is 3.07. The van der Waals surface area contributed by atoms with Crippen molar-refractivity contribution in [2.24, 2.45) is 15.7 Å². The SMILES string of the molecule is CN=C1C(C(C)N)=NCN1c1cccc(C(=O)OC)c1. The second-order valence-electron chi connectivity index (χ2n) is 4.49. The van der Waals surface area contributed by atoms with Gasteiger partial charge in [-0.3, -0.25) is 9.98 Å². The van der Waals surface area contributed by atoms with E-state index in [0.29, 0.717) is 12.2 Å². The van der Waals surface area contributed by atoms with Gasteiger partial charge in [0.15, 0.2) is 5.84 Å². The minimum absolute atomic E-state index is 0.178. The van der Waals surface area contributed by atoms with Gasteiger partial charge in [-0.2, -0.15) is 0 Å². The summed E-state index contributed by atoms with van der Waals surface area (Å²) >= 11 is 0. The summed E-state index contributed by atoms with van der Waals surface area (Å²) in [5.74, 6) is 0.372. The van der Waals surface area contributed by atoms with E-state index < -0.39 is 0 Å². The van der Waals surface area contributed by atoms with E-state index in [1.807, 2.05) is 17.9 Å². The Morgan fingerprint density at radius 2 is 2.30 bits per heavy atom. The number of aliphatic imine (C=N–C) groups is 2. The smallest absolute Gasteiger partial charge is 0.337 e. The molecule has 6 nitrogen and oxygen atoms in total. The molecule has 0 saturated heterocycles. The number of nitrogens with two attached hydrogens (primary N) is 1. The van der Waals surface area contributed by atoms with Gasteiger partial charge >= 0.3 is 5.97 Å². The zero-order valence-corrected chi connectivity index (χ0v) is 11.8. The molecule has 0 amide bonds. The van der Waals surface area contributed by atoms with Gasteiger partial charge in [0, 0.05) is 18.8 Å². The number of benzene rings is 1. The van der Waals surface area contributed by atoms with Crippen LogP contribution in [0.5, 0.6) is 0 Å². The first-order chi connectivity index (χ1) is 9.58. The molecule has 6 heteroatoms. The van der Waals surface area contributed by atoms with Crippen LogP contribution in [-0.4, -0.2) is 44.4 Å². The Morgan fingerprint density at radius 1 is 1.55 bits per heavy atom. The van der Waals surface area contributed by atoms with Crippen molar-refractivity contribution in [3.05, 3.63) is 29.8 Å². The fraction of sp³-hybridized carbons (Fsp3) is 0.357. The first kappa shape index (κ1) is 14.2. The fourth-order valence-corrected chi connectivity index (χ4v) is 2.13. The minimum atomic E-state index is -0.366. The van der Waals surface area contributed by atoms with Gasteiger partial charge in [0.05, 0.1) is 18.4 Å². The minimum Gasteiger partial charge on any atom is -0.465 e. The second kappa shape index (κ2) is 5.83. The summed E-state index contributed by atoms with van der Waals surface area (Å²) in [5.41, 5.74) is 8.00. The summed E-state index contributed by atoms with van der Waals surface area (Å²) in [6.07, 6.45) is 0. The van der Waals surface area contributed by atoms with Crippen molar-refractivity contribution in [3.63, 3.8) is 0 Å². The Morgan fingerprint density at radius 3 is 2.90 bits per heavy atom. The van der Waals surface area contributed by atoms with Gasteiger partial charge in [0.1, 0.15) is 6.67 Å². The standard InChI is InChI=1S/C14H18N4O2/c1-9(15)12-13(16-2)18(8-17-12)11-6-4-5-10(7-11)14(19)20-3/h4-7,9H,8,15H2,1-3H3. The number of anilines is 1. The molecule has 0 saturated carbocycles. The van der Waals surface area contributed by atoms with Crippen LogP contribution in [0, 0.1) is 0 Å². The van der Waals surface area contributed by atoms with Crippen molar-refractivity contribution < 1.29 is 9.53 Å². The summed E-state index contributed by atoms with van der Waals surface area (Å²) in [5, 5.41) is 0. The molecule has 2 rings (SSSR count). The van der Waals surface area contributed by atoms with Crippen LogP contribution >= 0.6 is 0 Å². The second-order valence-corrected chi connectivity index (χ2v) is 4.49. The Balaban J connectivity index is 2.32. The maximum absolute atomic E-state index is 11.6. The summed E-state index contributed by atoms with van der Waals surface area (Å²) in [4.78, 5) is 22.2. The quantitative estimate of drug-likeness (QED) is 0.836. The molecule has 0 spiro atoms. The van der Waals surface area contributed by atoms with Crippen molar-refractivity contribution in [1.82, 2.24) is 0 Å². The Kier molecular flexibility index (Phi) is 4.14. The molecule has 1 aliphatic heterocycles. The van der Waals surface area contributed by atoms with Crippen molar-refractivity contribution in [3.8, 4) is 0 Å². The van der Waals surface area contributed by atoms with Crippen LogP contribution in [0.2, 0.25) is 0 Å². The predicted molar refractivity (Wildman–Crippen MR) is 79.6 cm³/mol. The van der Waals surface area contributed by atoms with Gasteiger partial charge in [0.2, 0.25) is 0 Å². The van der Waals surface area contributed by atoms with Crippen LogP contribution in [0.4, 0.5) is 5.69 Å². The zero-order valence-electron chi connectivity index (χ0n) is 11.8. The molecule has 0 bridgehead atoms. The van der Waals surface area contributed by atoms with Crippen molar-refractivity contribution in [2.75, 3.05) is 25.7 Å². The normalized spacial score (nSPS) is 18.1. The number of carbonyl (C=O) groups is 1. The number of hydrogen-bond donors (Lipinski definition) is 1. The Labute approximate surface area is 118 Å². The topological polar surface area (TPSA) is 80.3 Å². The van der Waals surface area contributed by atoms with Crippen LogP contribution in [-0.2, 0) is 4.74 Å². The lowest BCUT2D eigenvalue weighted by Gasteiger charge is -2.20. The largest absolute Gasteiger partial charge is 0.465 e. The molecule has 0 fully saturated rings. The van der Waals surface area contributed by atoms with E-state index >= 15 is 0 Å². The third-order valence-corrected chi connectivity index (χ3v) is 3.09. The van der Waals surface area contributed by atoms with E-state index in [2.05, 4.69) is 9.98 Å². The van der Waals surface area contributed by atoms with Gasteiger partial charge < -0.3 is 15.4 Å². The summed E-state index contributed by atoms with van der Waals surface area (Å²) < 4.78 is 4.73. The predicted octanol–water partition coefficient (Wildman–Crippen LogP) is 1.07. The molecule has 1 atom stereocenters. The van der Waals surface area contributed by atoms with Crippen LogP contribution in [0.15, 0.2) is 34.3 Å². The highest BCUT2D eigenvalue weighted by atomic mass is 16.5. The van der Waals surface area contributed by atoms with Gasteiger partial charge in [-0.25, -0.2) is 4.79 Å². The molecule has 1 aromatic carbocycles. The Hall–Kier alpha value is -2.21. The molecule has 0 aliphatic carbocycles. The first-order valence-electron chi connectivity index (χ1n) is 6.31. The number of ether oxygens (including phenoxy) is 1. The van der Waals surface area contributed by atoms with E-state index in [0.717, 1.165) is 17.2 Å². The lowest BCUT2D eigenvalue weighted by atomic mass is 10.1. The lowest BCUT2D eigenvalue weighted by molar-refractivity contribution is 0.0601. The van der Waals surface area contributed by atoms with Crippen LogP contribution in [0.25, 0.3) is 0 Å². The van der Waals surface area contributed by atoms with Crippen LogP contribution in [0.1, 0.15) is 17.3 Å². The van der Waals surface area contributed by atoms with E-state index in [4.69, 9.17) is 10.5 Å². The van der Waals surface area contributed by atoms with Crippen LogP contribution < -0.4 is 10.6 Å². The van der Waals surface area contributed by atoms with Crippen molar-refractivity contribution in [1.29, 1.82) is 0 Å². The van der Waals surface area contributed by atoms with E-state index in [9.17, 15) is 4.79 Å². The number of amidine groups is 1. The molecule has 1 unspecified atom stereocenters. The number of carbonyl (C=O) groups excluding carboxylic acids is 1. The average molecular weight is 274 g/mol. The van der Waals surface area contributed by atoms with E-state index in [1.54, 1.807) is 25.2 Å². The number of esters is 1. The first-order valence-corrected chi connectivity index (χ1v) is 6.31. The lowest BCUT2D eigenvalue weighted by Crippen LogP contribution is -2.38. The van der Waals surface area contributed by atoms with Gasteiger partial charge in [-0.05, 0) is 25.1 Å². The molecule has 1 aromatic rings. The van der Waals surface area contributed by atoms with E-state index in [-0.39, 0.29) is 12.0 Å². The third-order valence-electron chi connectivity index (χ3n) is 3.09. The maximum atomic E-state index is 11.6. The number of methoxy groups -OCH3 is 1. The highest BCUT2D eigenvalue weighted by Gasteiger charge is 2.26. The average Bonchev–Trinajstić information content (AvgIpc) is 2.90. The number of hydrogen-bond acceptors (Lipinski definition) is 5. The van der Waals surface area contributed by atoms with Gasteiger partial charge in [-0.15, -0.1) is 0 Å². The zero-order chi connectivity index (χ0) is 14.7. The fourth-order valence-electron chi connectivity index (χ4n) is 2.13. The molecule has 106 valence electrons. The monoisotopic (exact) mass is 274 g/mol. The van der Waals surface area contributed by atoms with Crippen molar-refractivity contribution >= 4 is 23.2 Å². The molecule has 1 heterocycles. The molecule has 0 radical (unpaired) electrons. The number of nitrogens with zero attached hydrogens (tertiary/aromatic N) is 3. The molecule has 1 aliphatic rings. The van der Waals surface area contributed by atoms with Crippen LogP contribution in [0.3, 0.4) is 0 Å². The molecule has 2 N–H and O–H groups in total. The molecular weight excluding hydrogens is 256 g/mol.